The smallest absolute Gasteiger partial charge is 0.228 e. The van der Waals surface area contributed by atoms with Crippen molar-refractivity contribution in [3.05, 3.63) is 58.3 Å². The minimum Gasteiger partial charge on any atom is -0.339 e. The lowest BCUT2D eigenvalue weighted by molar-refractivity contribution is -0.130. The number of amides is 1. The molecule has 20 heavy (non-hydrogen) atoms. The number of carbonyl (C=O) groups excluding carboxylic acids is 1. The van der Waals surface area contributed by atoms with Crippen LogP contribution in [0.5, 0.6) is 0 Å². The van der Waals surface area contributed by atoms with Gasteiger partial charge in [-0.25, -0.2) is 0 Å². The maximum absolute atomic E-state index is 12.4. The Labute approximate surface area is 124 Å². The molecule has 0 radical (unpaired) electrons. The lowest BCUT2D eigenvalue weighted by atomic mass is 9.97. The molecule has 1 amide bonds. The first-order valence-electron chi connectivity index (χ1n) is 7.11. The number of rotatable bonds is 3. The fourth-order valence-electron chi connectivity index (χ4n) is 3.01. The van der Waals surface area contributed by atoms with Gasteiger partial charge in [0.2, 0.25) is 5.91 Å². The third kappa shape index (κ3) is 2.78. The third-order valence-corrected chi connectivity index (χ3v) is 4.95. The number of hydrogen-bond donors (Lipinski definition) is 0. The molecule has 1 aliphatic heterocycles. The first-order valence-corrected chi connectivity index (χ1v) is 7.99. The van der Waals surface area contributed by atoms with Crippen LogP contribution in [0, 0.1) is 0 Å². The minimum atomic E-state index is 0.262. The van der Waals surface area contributed by atoms with Gasteiger partial charge in [-0.2, -0.15) is 0 Å². The van der Waals surface area contributed by atoms with Crippen molar-refractivity contribution >= 4 is 17.2 Å². The van der Waals surface area contributed by atoms with Crippen LogP contribution in [0.4, 0.5) is 0 Å². The average molecular weight is 285 g/mol. The fraction of sp³-hybridized carbons (Fsp3) is 0.353. The molecule has 0 N–H and O–H groups in total. The largest absolute Gasteiger partial charge is 0.339 e. The van der Waals surface area contributed by atoms with Crippen molar-refractivity contribution in [1.29, 1.82) is 0 Å². The number of benzene rings is 1. The van der Waals surface area contributed by atoms with Gasteiger partial charge < -0.3 is 4.90 Å². The highest BCUT2D eigenvalue weighted by molar-refractivity contribution is 7.10. The van der Waals surface area contributed by atoms with Gasteiger partial charge in [0, 0.05) is 23.4 Å². The third-order valence-electron chi connectivity index (χ3n) is 4.07. The van der Waals surface area contributed by atoms with E-state index in [9.17, 15) is 4.79 Å². The Morgan fingerprint density at radius 2 is 2.05 bits per heavy atom. The second-order valence-corrected chi connectivity index (χ2v) is 6.53. The summed E-state index contributed by atoms with van der Waals surface area (Å²) in [7, 11) is 0. The summed E-state index contributed by atoms with van der Waals surface area (Å²) in [5, 5.41) is 2.03. The Morgan fingerprint density at radius 1 is 1.25 bits per heavy atom. The maximum atomic E-state index is 12.4. The monoisotopic (exact) mass is 285 g/mol. The second-order valence-electron chi connectivity index (χ2n) is 5.49. The van der Waals surface area contributed by atoms with E-state index in [0.29, 0.717) is 18.4 Å². The van der Waals surface area contributed by atoms with Crippen LogP contribution in [0.2, 0.25) is 0 Å². The molecule has 0 spiro atoms. The highest BCUT2D eigenvalue weighted by Gasteiger charge is 2.32. The van der Waals surface area contributed by atoms with Crippen molar-refractivity contribution in [2.24, 2.45) is 0 Å². The zero-order valence-corrected chi connectivity index (χ0v) is 12.5. The highest BCUT2D eigenvalue weighted by atomic mass is 32.1. The van der Waals surface area contributed by atoms with Gasteiger partial charge in [0.1, 0.15) is 0 Å². The summed E-state index contributed by atoms with van der Waals surface area (Å²) in [6.45, 7) is 3.02. The van der Waals surface area contributed by atoms with Crippen molar-refractivity contribution in [3.8, 4) is 0 Å². The number of carbonyl (C=O) groups is 1. The molecule has 1 saturated heterocycles. The van der Waals surface area contributed by atoms with Crippen LogP contribution in [0.15, 0.2) is 47.8 Å². The number of likely N-dealkylation sites (tertiary alicyclic amines) is 1. The molecule has 104 valence electrons. The molecule has 0 aliphatic carbocycles. The summed E-state index contributed by atoms with van der Waals surface area (Å²) >= 11 is 1.66. The van der Waals surface area contributed by atoms with Crippen LogP contribution >= 0.6 is 11.3 Å². The van der Waals surface area contributed by atoms with Crippen LogP contribution in [0.25, 0.3) is 0 Å². The van der Waals surface area contributed by atoms with Gasteiger partial charge in [-0.1, -0.05) is 36.4 Å². The Hall–Kier alpha value is -1.61. The van der Waals surface area contributed by atoms with Crippen LogP contribution in [-0.4, -0.2) is 23.4 Å². The Bertz CT molecular complexity index is 564. The normalized spacial score (nSPS) is 22.1. The van der Waals surface area contributed by atoms with E-state index in [2.05, 4.69) is 36.1 Å². The van der Waals surface area contributed by atoms with Gasteiger partial charge >= 0.3 is 0 Å². The van der Waals surface area contributed by atoms with E-state index in [1.54, 1.807) is 11.3 Å². The van der Waals surface area contributed by atoms with Gasteiger partial charge in [-0.05, 0) is 30.4 Å². The van der Waals surface area contributed by atoms with Gasteiger partial charge in [0.15, 0.2) is 0 Å². The van der Waals surface area contributed by atoms with Gasteiger partial charge in [0.25, 0.3) is 0 Å². The molecule has 2 unspecified atom stereocenters. The van der Waals surface area contributed by atoms with Gasteiger partial charge in [-0.15, -0.1) is 11.3 Å². The van der Waals surface area contributed by atoms with Crippen molar-refractivity contribution < 1.29 is 4.79 Å². The molecule has 0 saturated carbocycles. The fourth-order valence-corrected chi connectivity index (χ4v) is 3.70. The molecular weight excluding hydrogens is 266 g/mol. The summed E-state index contributed by atoms with van der Waals surface area (Å²) < 4.78 is 0. The van der Waals surface area contributed by atoms with E-state index in [1.807, 2.05) is 23.6 Å². The first-order chi connectivity index (χ1) is 9.74. The summed E-state index contributed by atoms with van der Waals surface area (Å²) in [6.07, 6.45) is 1.61. The van der Waals surface area contributed by atoms with E-state index in [1.165, 1.54) is 5.56 Å². The average Bonchev–Trinajstić information content (AvgIpc) is 3.09. The standard InChI is InChI=1S/C17H19NOS/c1-13-10-15(14-6-3-2-4-7-14)12-18(13)17(19)11-16-8-5-9-20-16/h2-9,13,15H,10-12H2,1H3. The minimum absolute atomic E-state index is 0.262. The summed E-state index contributed by atoms with van der Waals surface area (Å²) in [4.78, 5) is 15.6. The SMILES string of the molecule is CC1CC(c2ccccc2)CN1C(=O)Cc1cccs1. The molecule has 2 aromatic rings. The Balaban J connectivity index is 1.68. The van der Waals surface area contributed by atoms with Crippen LogP contribution in [0.1, 0.15) is 29.7 Å². The van der Waals surface area contributed by atoms with Crippen molar-refractivity contribution in [2.45, 2.75) is 31.7 Å². The quantitative estimate of drug-likeness (QED) is 0.842. The van der Waals surface area contributed by atoms with Crippen molar-refractivity contribution in [1.82, 2.24) is 4.90 Å². The van der Waals surface area contributed by atoms with E-state index in [-0.39, 0.29) is 5.91 Å². The molecule has 1 fully saturated rings. The number of hydrogen-bond acceptors (Lipinski definition) is 2. The van der Waals surface area contributed by atoms with Crippen LogP contribution in [-0.2, 0) is 11.2 Å². The Morgan fingerprint density at radius 3 is 2.75 bits per heavy atom. The molecule has 3 rings (SSSR count). The van der Waals surface area contributed by atoms with Crippen LogP contribution in [0.3, 0.4) is 0 Å². The maximum Gasteiger partial charge on any atom is 0.228 e. The summed E-state index contributed by atoms with van der Waals surface area (Å²) in [5.74, 6) is 0.747. The number of nitrogens with zero attached hydrogens (tertiary/aromatic N) is 1. The molecule has 0 bridgehead atoms. The lowest BCUT2D eigenvalue weighted by Crippen LogP contribution is -2.34. The van der Waals surface area contributed by atoms with E-state index >= 15 is 0 Å². The van der Waals surface area contributed by atoms with Crippen molar-refractivity contribution in [2.75, 3.05) is 6.54 Å². The molecular formula is C17H19NOS. The zero-order valence-electron chi connectivity index (χ0n) is 11.7. The van der Waals surface area contributed by atoms with Gasteiger partial charge in [0.05, 0.1) is 6.42 Å². The van der Waals surface area contributed by atoms with Gasteiger partial charge in [-0.3, -0.25) is 4.79 Å². The molecule has 1 aromatic carbocycles. The zero-order chi connectivity index (χ0) is 13.9. The molecule has 1 aromatic heterocycles. The van der Waals surface area contributed by atoms with Crippen LogP contribution < -0.4 is 0 Å². The Kier molecular flexibility index (Phi) is 3.88. The van der Waals surface area contributed by atoms with E-state index < -0.39 is 0 Å². The molecule has 2 atom stereocenters. The molecule has 2 nitrogen and oxygen atoms in total. The predicted octanol–water partition coefficient (Wildman–Crippen LogP) is 3.70. The van der Waals surface area contributed by atoms with Crippen molar-refractivity contribution in [3.63, 3.8) is 0 Å². The predicted molar refractivity (Wildman–Crippen MR) is 83.0 cm³/mol. The molecule has 3 heteroatoms. The highest BCUT2D eigenvalue weighted by Crippen LogP contribution is 2.32. The lowest BCUT2D eigenvalue weighted by Gasteiger charge is -2.21. The second kappa shape index (κ2) is 5.80. The first kappa shape index (κ1) is 13.4. The topological polar surface area (TPSA) is 20.3 Å². The van der Waals surface area contributed by atoms with E-state index in [4.69, 9.17) is 0 Å². The molecule has 2 heterocycles. The van der Waals surface area contributed by atoms with E-state index in [0.717, 1.165) is 17.8 Å². The number of thiophene rings is 1. The summed E-state index contributed by atoms with van der Waals surface area (Å²) in [5.41, 5.74) is 1.35. The molecule has 1 aliphatic rings. The summed E-state index contributed by atoms with van der Waals surface area (Å²) in [6, 6.07) is 14.9.